The van der Waals surface area contributed by atoms with Gasteiger partial charge < -0.3 is 65.1 Å². The number of fused-ring (bicyclic) bond motifs is 2. The molecule has 430 valence electrons. The highest BCUT2D eigenvalue weighted by Gasteiger charge is 2.37. The number of halogens is 5. The fourth-order valence-corrected chi connectivity index (χ4v) is 9.23. The van der Waals surface area contributed by atoms with E-state index in [2.05, 4.69) is 31.5 Å². The van der Waals surface area contributed by atoms with Crippen molar-refractivity contribution in [3.05, 3.63) is 227 Å². The van der Waals surface area contributed by atoms with E-state index in [1.54, 1.807) is 123 Å². The number of carbonyl (C=O) groups excluding carboxylic acids is 4. The van der Waals surface area contributed by atoms with Crippen molar-refractivity contribution >= 4 is 124 Å². The number of esters is 2. The Morgan fingerprint density at radius 2 is 0.976 bits per heavy atom. The number of alkyl halides is 1. The number of hydrogen-bond donors (Lipinski definition) is 5. The number of aliphatic imine (C=N–C) groups is 2. The third kappa shape index (κ3) is 15.1. The lowest BCUT2D eigenvalue weighted by molar-refractivity contribution is 0.0522. The first-order valence-electron chi connectivity index (χ1n) is 25.0. The molecule has 1 atom stereocenters. The summed E-state index contributed by atoms with van der Waals surface area (Å²) in [6.45, 7) is 7.04. The average Bonchev–Trinajstić information content (AvgIpc) is 2.69. The summed E-state index contributed by atoms with van der Waals surface area (Å²) >= 11 is 29.6. The van der Waals surface area contributed by atoms with E-state index in [9.17, 15) is 49.2 Å². The highest BCUT2D eigenvalue weighted by molar-refractivity contribution is 7.17. The quantitative estimate of drug-likeness (QED) is 0.0313. The summed E-state index contributed by atoms with van der Waals surface area (Å²) in [5, 5.41) is 42.8. The molecular formula is C60H51Cl5N4O12P2-2. The number of aromatic hydroxyl groups is 2. The summed E-state index contributed by atoms with van der Waals surface area (Å²) < 4.78 is 22.9. The van der Waals surface area contributed by atoms with E-state index >= 15 is 0 Å². The molecule has 0 radical (unpaired) electrons. The molecule has 2 aromatic heterocycles. The van der Waals surface area contributed by atoms with Crippen molar-refractivity contribution in [1.29, 1.82) is 2.56 Å². The van der Waals surface area contributed by atoms with Gasteiger partial charge in [-0.2, -0.15) is 0 Å². The molecule has 6 aromatic carbocycles. The number of aromatic amines is 1. The molecule has 2 aliphatic rings. The van der Waals surface area contributed by atoms with E-state index in [0.29, 0.717) is 87.3 Å². The number of carboxylic acids is 2. The highest BCUT2D eigenvalue weighted by atomic mass is 35.5. The number of H-pyrrole nitrogens is 1. The van der Waals surface area contributed by atoms with E-state index in [4.69, 9.17) is 70.0 Å². The number of amides is 2. The van der Waals surface area contributed by atoms with Gasteiger partial charge in [0.1, 0.15) is 0 Å². The van der Waals surface area contributed by atoms with Gasteiger partial charge in [0.05, 0.1) is 87.1 Å². The normalized spacial score (nSPS) is 11.9. The van der Waals surface area contributed by atoms with Crippen molar-refractivity contribution in [3.63, 3.8) is 0 Å². The minimum absolute atomic E-state index is 0. The maximum atomic E-state index is 13.2. The van der Waals surface area contributed by atoms with Crippen LogP contribution in [0.3, 0.4) is 0 Å². The van der Waals surface area contributed by atoms with Crippen LogP contribution >= 0.6 is 77.0 Å². The third-order valence-electron chi connectivity index (χ3n) is 12.0. The van der Waals surface area contributed by atoms with Gasteiger partial charge in [0.25, 0.3) is 11.8 Å². The van der Waals surface area contributed by atoms with Crippen molar-refractivity contribution in [2.45, 2.75) is 33.7 Å². The predicted octanol–water partition coefficient (Wildman–Crippen LogP) is 14.7. The topological polar surface area (TPSA) is 247 Å². The van der Waals surface area contributed by atoms with Crippen LogP contribution in [-0.2, 0) is 21.9 Å². The summed E-state index contributed by atoms with van der Waals surface area (Å²) in [5.74, 6) is -4.67. The van der Waals surface area contributed by atoms with Crippen molar-refractivity contribution < 1.29 is 58.7 Å². The van der Waals surface area contributed by atoms with Gasteiger partial charge in [-0.25, -0.2) is 30.4 Å². The number of aromatic nitrogens is 2. The fraction of sp³-hybridized carbons (Fsp3) is 0.117. The molecule has 0 saturated heterocycles. The summed E-state index contributed by atoms with van der Waals surface area (Å²) in [4.78, 5) is 83.2. The van der Waals surface area contributed by atoms with Gasteiger partial charge in [-0.15, -0.1) is 11.6 Å². The number of aromatic carboxylic acids is 2. The van der Waals surface area contributed by atoms with Crippen molar-refractivity contribution in [2.24, 2.45) is 9.98 Å². The zero-order chi connectivity index (χ0) is 61.5. The smallest absolute Gasteiger partial charge is 0.338 e. The third-order valence-corrected chi connectivity index (χ3v) is 13.3. The molecule has 83 heavy (non-hydrogen) atoms. The number of benzene rings is 6. The Morgan fingerprint density at radius 1 is 0.602 bits per heavy atom. The molecule has 0 fully saturated rings. The molecule has 0 spiro atoms. The minimum Gasteiger partial charge on any atom is -0.577 e. The van der Waals surface area contributed by atoms with Crippen molar-refractivity contribution in [1.82, 2.24) is 9.55 Å². The molecule has 2 aliphatic heterocycles. The molecule has 23 heteroatoms. The van der Waals surface area contributed by atoms with E-state index < -0.39 is 35.7 Å². The number of rotatable bonds is 13. The van der Waals surface area contributed by atoms with Gasteiger partial charge in [0.15, 0.2) is 5.88 Å². The second-order valence-corrected chi connectivity index (χ2v) is 19.2. The molecular weight excluding hydrogens is 1210 g/mol. The zero-order valence-corrected chi connectivity index (χ0v) is 48.8. The molecule has 0 saturated carbocycles. The van der Waals surface area contributed by atoms with Crippen LogP contribution in [0.1, 0.15) is 117 Å². The molecule has 16 nitrogen and oxygen atoms in total. The van der Waals surface area contributed by atoms with Gasteiger partial charge in [0.2, 0.25) is 5.88 Å². The predicted molar refractivity (Wildman–Crippen MR) is 331 cm³/mol. The summed E-state index contributed by atoms with van der Waals surface area (Å²) in [6, 6.07) is 35.6. The van der Waals surface area contributed by atoms with Crippen LogP contribution in [0.4, 0.5) is 0 Å². The lowest BCUT2D eigenvalue weighted by Crippen LogP contribution is -2.10. The first-order chi connectivity index (χ1) is 40.2. The standard InChI is InChI=1S/C27H16Cl2N2O6.C18H10Cl2N2O2.C13H15ClO4.CH4P.CH4.H2P/c28-18-5-1-14(2-6-18)22-20-21(24(32)30-22)23(15-3-7-19(29)8-4-15)31(25(20)33)12-13-9-16(26(34)35)11-17(10-13)27(36)37;19-11-5-1-9(2-6-11)15-13-14(18(24)21-15)16(22-17(13)23)10-3-7-12(20)8-4-10;1-3-17-12(15)10-5-9(8-14)6-11(7-10)13(16)18-4-2;1-2;;/h1-11,33H,12H2,(H,34,35)(H,36,37);1-8,21,24H;5-7H,3-4,8H2,1-2H3;1-2H2;1H4;1H2/q;;;-1;;-1/i;;;2D;;1D. The Kier molecular flexibility index (Phi) is 22.4. The Labute approximate surface area is 510 Å². The summed E-state index contributed by atoms with van der Waals surface area (Å²) in [7, 11) is 2.31. The molecule has 4 heterocycles. The van der Waals surface area contributed by atoms with Crippen molar-refractivity contribution in [2.75, 3.05) is 13.2 Å². The van der Waals surface area contributed by atoms with Crippen LogP contribution in [0.15, 0.2) is 143 Å². The minimum atomic E-state index is -1.30. The van der Waals surface area contributed by atoms with Gasteiger partial charge in [-0.1, -0.05) is 102 Å². The summed E-state index contributed by atoms with van der Waals surface area (Å²) in [5.41, 5.74) is 6.40. The van der Waals surface area contributed by atoms with Crippen LogP contribution in [0.5, 0.6) is 11.8 Å². The molecule has 2 amide bonds. The van der Waals surface area contributed by atoms with Gasteiger partial charge in [-0.05, 0) is 121 Å². The van der Waals surface area contributed by atoms with Crippen LogP contribution in [-0.4, -0.2) is 92.9 Å². The maximum absolute atomic E-state index is 13.2. The first kappa shape index (κ1) is 62.9. The first-order valence-corrected chi connectivity index (χ1v) is 26.8. The monoisotopic (exact) mass is 1260 g/mol. The number of nitrogens with one attached hydrogen (secondary N) is 1. The van der Waals surface area contributed by atoms with Crippen LogP contribution in [0.25, 0.3) is 22.5 Å². The second kappa shape index (κ2) is 29.5. The van der Waals surface area contributed by atoms with Crippen molar-refractivity contribution in [3.8, 4) is 34.3 Å². The lowest BCUT2D eigenvalue weighted by Gasteiger charge is -2.14. The molecule has 10 rings (SSSR count). The maximum Gasteiger partial charge on any atom is 0.338 e. The Balaban J connectivity index is 0.000000238. The molecule has 8 aromatic rings. The van der Waals surface area contributed by atoms with Gasteiger partial charge in [-0.3, -0.25) is 9.59 Å². The number of hydrogen-bond acceptors (Lipinski definition) is 10. The van der Waals surface area contributed by atoms with Crippen LogP contribution < -0.4 is 0 Å². The molecule has 0 aliphatic carbocycles. The number of nitrogens with zero attached hydrogens (tertiary/aromatic N) is 3. The highest BCUT2D eigenvalue weighted by Crippen LogP contribution is 2.43. The Bertz CT molecular complexity index is 3770. The van der Waals surface area contributed by atoms with Gasteiger partial charge in [0, 0.05) is 38.4 Å². The van der Waals surface area contributed by atoms with E-state index in [0.717, 1.165) is 11.6 Å². The second-order valence-electron chi connectivity index (χ2n) is 17.2. The van der Waals surface area contributed by atoms with E-state index in [-0.39, 0.29) is 82.0 Å². The van der Waals surface area contributed by atoms with Crippen LogP contribution in [0.2, 0.25) is 20.1 Å². The molecule has 1 unspecified atom stereocenters. The number of carbonyl (C=O) groups is 6. The van der Waals surface area contributed by atoms with Gasteiger partial charge >= 0.3 is 23.9 Å². The Morgan fingerprint density at radius 3 is 1.39 bits per heavy atom. The number of ether oxygens (including phenoxy) is 2. The largest absolute Gasteiger partial charge is 0.577 e. The summed E-state index contributed by atoms with van der Waals surface area (Å²) in [6.07, 6.45) is 0. The average molecular weight is 1260 g/mol. The molecule has 0 bridgehead atoms. The fourth-order valence-electron chi connectivity index (χ4n) is 8.57. The molecule has 5 N–H and O–H groups in total. The van der Waals surface area contributed by atoms with E-state index in [1.807, 2.05) is 0 Å². The van der Waals surface area contributed by atoms with Crippen LogP contribution in [0, 0.1) is 6.66 Å². The number of carboxylic acid groups (broad SMARTS) is 2. The lowest BCUT2D eigenvalue weighted by atomic mass is 10.0. The van der Waals surface area contributed by atoms with E-state index in [1.165, 1.54) is 22.8 Å². The zero-order valence-electron chi connectivity index (χ0n) is 45.0. The SMILES string of the molecule is C.CCOC(=O)c1cc(CCl)cc(C(=O)OCC)c1.O=C(O)c1cc(Cn2c(O)c3c(c2-c2ccc(Cl)cc2)C(=O)N=C3c2ccc(Cl)cc2)cc(C(=O)O)c1.O=C1N=C(c2ccc(Cl)cc2)c2c(O)[nH]c(-c3ccc(Cl)cc3)c21.[2H]P[CH2-].[2H][PH-]. The Hall–Kier alpha value is -7.65.